The van der Waals surface area contributed by atoms with Crippen LogP contribution in [-0.4, -0.2) is 19.6 Å². The van der Waals surface area contributed by atoms with E-state index >= 15 is 0 Å². The number of methoxy groups -OCH3 is 1. The maximum absolute atomic E-state index is 12.3. The second-order valence-electron chi connectivity index (χ2n) is 5.29. The number of hydrogen-bond donors (Lipinski definition) is 1. The molecule has 8 heteroatoms. The molecule has 1 amide bonds. The lowest BCUT2D eigenvalue weighted by atomic mass is 10.2. The van der Waals surface area contributed by atoms with Gasteiger partial charge in [-0.15, -0.1) is 0 Å². The van der Waals surface area contributed by atoms with Crippen molar-refractivity contribution in [1.29, 1.82) is 0 Å². The number of thiazole rings is 1. The highest BCUT2D eigenvalue weighted by molar-refractivity contribution is 7.18. The lowest BCUT2D eigenvalue weighted by molar-refractivity contribution is -0.580. The molecular weight excluding hydrogens is 383 g/mol. The van der Waals surface area contributed by atoms with Crippen molar-refractivity contribution in [1.82, 2.24) is 5.32 Å². The molecular formula is C17H14Cl2N2O3S. The normalized spacial score (nSPS) is 10.8. The number of nitrogens with zero attached hydrogens (tertiary/aromatic N) is 1. The molecule has 25 heavy (non-hydrogen) atoms. The summed E-state index contributed by atoms with van der Waals surface area (Å²) in [4.78, 5) is 12.2. The number of amides is 1. The molecule has 0 aliphatic carbocycles. The van der Waals surface area contributed by atoms with E-state index in [4.69, 9.17) is 27.9 Å². The van der Waals surface area contributed by atoms with Gasteiger partial charge in [0, 0.05) is 34.3 Å². The fraction of sp³-hybridized carbons (Fsp3) is 0.176. The Bertz CT molecular complexity index is 923. The minimum atomic E-state index is -0.287. The van der Waals surface area contributed by atoms with Crippen LogP contribution in [0.25, 0.3) is 10.2 Å². The van der Waals surface area contributed by atoms with E-state index in [0.29, 0.717) is 44.8 Å². The molecule has 0 saturated heterocycles. The molecule has 0 saturated carbocycles. The first-order valence-electron chi connectivity index (χ1n) is 7.41. The van der Waals surface area contributed by atoms with E-state index in [2.05, 4.69) is 5.32 Å². The topological polar surface area (TPSA) is 65.3 Å². The summed E-state index contributed by atoms with van der Waals surface area (Å²) >= 11 is 13.2. The van der Waals surface area contributed by atoms with Gasteiger partial charge in [-0.2, -0.15) is 4.73 Å². The fourth-order valence-electron chi connectivity index (χ4n) is 2.40. The van der Waals surface area contributed by atoms with Gasteiger partial charge in [0.15, 0.2) is 0 Å². The number of halogens is 2. The van der Waals surface area contributed by atoms with E-state index in [1.54, 1.807) is 37.4 Å². The Morgan fingerprint density at radius 3 is 2.64 bits per heavy atom. The predicted octanol–water partition coefficient (Wildman–Crippen LogP) is 3.82. The summed E-state index contributed by atoms with van der Waals surface area (Å²) in [6.07, 6.45) is 0.422. The third-order valence-corrected chi connectivity index (χ3v) is 5.18. The van der Waals surface area contributed by atoms with Crippen molar-refractivity contribution in [2.75, 3.05) is 13.7 Å². The van der Waals surface area contributed by atoms with E-state index in [1.807, 2.05) is 6.07 Å². The van der Waals surface area contributed by atoms with Gasteiger partial charge < -0.3 is 15.3 Å². The van der Waals surface area contributed by atoms with E-state index in [9.17, 15) is 10.0 Å². The Balaban J connectivity index is 1.68. The second kappa shape index (κ2) is 7.47. The SMILES string of the molecule is COc1ccc2c(c1)sc(CCNC(=O)c1cc(Cl)cc(Cl)c1)[n+]2[O-]. The summed E-state index contributed by atoms with van der Waals surface area (Å²) in [5, 5.41) is 16.5. The van der Waals surface area contributed by atoms with Crippen molar-refractivity contribution in [2.24, 2.45) is 0 Å². The fourth-order valence-corrected chi connectivity index (χ4v) is 3.99. The van der Waals surface area contributed by atoms with Gasteiger partial charge in [-0.3, -0.25) is 4.79 Å². The number of ether oxygens (including phenoxy) is 1. The molecule has 0 atom stereocenters. The van der Waals surface area contributed by atoms with Crippen molar-refractivity contribution in [3.63, 3.8) is 0 Å². The average Bonchev–Trinajstić information content (AvgIpc) is 2.89. The van der Waals surface area contributed by atoms with E-state index < -0.39 is 0 Å². The van der Waals surface area contributed by atoms with E-state index in [0.717, 1.165) is 9.43 Å². The standard InChI is InChI=1S/C17H14Cl2N2O3S/c1-24-13-2-3-14-15(9-13)25-16(21(14)23)4-5-20-17(22)10-6-11(18)8-12(19)7-10/h2-3,6-9H,4-5H2,1H3,(H,20,22). The van der Waals surface area contributed by atoms with E-state index in [1.165, 1.54) is 11.3 Å². The number of fused-ring (bicyclic) bond motifs is 1. The summed E-state index contributed by atoms with van der Waals surface area (Å²) in [6.45, 7) is 0.329. The molecule has 2 aromatic carbocycles. The third kappa shape index (κ3) is 3.98. The lowest BCUT2D eigenvalue weighted by Crippen LogP contribution is -2.32. The third-order valence-electron chi connectivity index (χ3n) is 3.59. The molecule has 0 bridgehead atoms. The van der Waals surface area contributed by atoms with Crippen LogP contribution in [-0.2, 0) is 6.42 Å². The number of carbonyl (C=O) groups is 1. The maximum Gasteiger partial charge on any atom is 0.251 e. The molecule has 1 aromatic heterocycles. The van der Waals surface area contributed by atoms with Gasteiger partial charge >= 0.3 is 0 Å². The van der Waals surface area contributed by atoms with Crippen LogP contribution in [0.1, 0.15) is 15.4 Å². The Kier molecular flexibility index (Phi) is 5.32. The quantitative estimate of drug-likeness (QED) is 0.526. The zero-order valence-electron chi connectivity index (χ0n) is 13.2. The largest absolute Gasteiger partial charge is 0.617 e. The van der Waals surface area contributed by atoms with Crippen molar-refractivity contribution in [3.8, 4) is 5.75 Å². The van der Waals surface area contributed by atoms with Gasteiger partial charge in [0.2, 0.25) is 5.52 Å². The van der Waals surface area contributed by atoms with Crippen LogP contribution in [0.15, 0.2) is 36.4 Å². The summed E-state index contributed by atoms with van der Waals surface area (Å²) in [5.41, 5.74) is 0.974. The Morgan fingerprint density at radius 1 is 1.24 bits per heavy atom. The molecule has 0 unspecified atom stereocenters. The minimum Gasteiger partial charge on any atom is -0.617 e. The van der Waals surface area contributed by atoms with Gasteiger partial charge in [-0.25, -0.2) is 0 Å². The summed E-state index contributed by atoms with van der Waals surface area (Å²) in [5.74, 6) is 0.414. The van der Waals surface area contributed by atoms with Gasteiger partial charge in [0.1, 0.15) is 10.4 Å². The molecule has 130 valence electrons. The predicted molar refractivity (Wildman–Crippen MR) is 99.8 cm³/mol. The Labute approximate surface area is 158 Å². The number of hydrogen-bond acceptors (Lipinski definition) is 4. The monoisotopic (exact) mass is 396 g/mol. The lowest BCUT2D eigenvalue weighted by Gasteiger charge is -2.05. The summed E-state index contributed by atoms with van der Waals surface area (Å²) in [7, 11) is 1.58. The smallest absolute Gasteiger partial charge is 0.251 e. The van der Waals surface area contributed by atoms with Crippen LogP contribution in [0.3, 0.4) is 0 Å². The van der Waals surface area contributed by atoms with Crippen molar-refractivity contribution >= 4 is 50.7 Å². The van der Waals surface area contributed by atoms with Gasteiger partial charge in [0.25, 0.3) is 10.9 Å². The molecule has 5 nitrogen and oxygen atoms in total. The first-order valence-corrected chi connectivity index (χ1v) is 8.98. The summed E-state index contributed by atoms with van der Waals surface area (Å²) in [6, 6.07) is 9.95. The maximum atomic E-state index is 12.3. The molecule has 0 aliphatic rings. The molecule has 0 aliphatic heterocycles. The second-order valence-corrected chi connectivity index (χ2v) is 7.28. The molecule has 3 aromatic rings. The number of aromatic nitrogens is 1. The minimum absolute atomic E-state index is 0.287. The summed E-state index contributed by atoms with van der Waals surface area (Å²) < 4.78 is 6.90. The number of rotatable bonds is 5. The molecule has 0 fully saturated rings. The molecule has 0 radical (unpaired) electrons. The van der Waals surface area contributed by atoms with Crippen molar-refractivity contribution in [3.05, 3.63) is 62.2 Å². The Morgan fingerprint density at radius 2 is 1.96 bits per heavy atom. The van der Waals surface area contributed by atoms with Crippen LogP contribution >= 0.6 is 34.5 Å². The Hall–Kier alpha value is -2.02. The molecule has 1 heterocycles. The number of carbonyl (C=O) groups excluding carboxylic acids is 1. The van der Waals surface area contributed by atoms with E-state index in [-0.39, 0.29) is 5.91 Å². The van der Waals surface area contributed by atoms with Crippen molar-refractivity contribution < 1.29 is 14.3 Å². The van der Waals surface area contributed by atoms with Gasteiger partial charge in [0.05, 0.1) is 13.5 Å². The van der Waals surface area contributed by atoms with Crippen LogP contribution < -0.4 is 14.8 Å². The van der Waals surface area contributed by atoms with Crippen LogP contribution in [0, 0.1) is 5.21 Å². The van der Waals surface area contributed by atoms with Gasteiger partial charge in [-0.1, -0.05) is 34.5 Å². The highest BCUT2D eigenvalue weighted by Crippen LogP contribution is 2.25. The molecule has 1 N–H and O–H groups in total. The van der Waals surface area contributed by atoms with Crippen LogP contribution in [0.2, 0.25) is 10.0 Å². The van der Waals surface area contributed by atoms with Gasteiger partial charge in [-0.05, 0) is 24.3 Å². The van der Waals surface area contributed by atoms with Crippen LogP contribution in [0.5, 0.6) is 5.75 Å². The average molecular weight is 397 g/mol. The highest BCUT2D eigenvalue weighted by atomic mass is 35.5. The number of nitrogens with one attached hydrogen (secondary N) is 1. The first-order chi connectivity index (χ1) is 12.0. The zero-order valence-corrected chi connectivity index (χ0v) is 15.5. The van der Waals surface area contributed by atoms with Crippen LogP contribution in [0.4, 0.5) is 0 Å². The first kappa shape index (κ1) is 17.8. The zero-order chi connectivity index (χ0) is 18.0. The number of benzene rings is 2. The highest BCUT2D eigenvalue weighted by Gasteiger charge is 2.17. The molecule has 0 spiro atoms. The van der Waals surface area contributed by atoms with Crippen molar-refractivity contribution in [2.45, 2.75) is 6.42 Å². The molecule has 3 rings (SSSR count).